The molecule has 216 valence electrons. The molecule has 2 heterocycles. The van der Waals surface area contributed by atoms with Crippen molar-refractivity contribution >= 4 is 55.1 Å². The van der Waals surface area contributed by atoms with E-state index in [1.807, 2.05) is 60.7 Å². The molecule has 0 amide bonds. The molecule has 9 rings (SSSR count). The van der Waals surface area contributed by atoms with Gasteiger partial charge < -0.3 is 4.42 Å². The molecule has 0 aliphatic rings. The Morgan fingerprint density at radius 2 is 1.02 bits per heavy atom. The third-order valence-corrected chi connectivity index (χ3v) is 8.90. The fraction of sp³-hybridized carbons (Fsp3) is 0. The number of rotatable bonds is 4. The van der Waals surface area contributed by atoms with Crippen LogP contribution in [0.5, 0.6) is 0 Å². The summed E-state index contributed by atoms with van der Waals surface area (Å²) < 4.78 is 6.38. The van der Waals surface area contributed by atoms with E-state index in [-0.39, 0.29) is 0 Å². The van der Waals surface area contributed by atoms with Gasteiger partial charge in [0, 0.05) is 27.5 Å². The highest BCUT2D eigenvalue weighted by Crippen LogP contribution is 2.40. The molecule has 0 radical (unpaired) electrons. The van der Waals surface area contributed by atoms with E-state index in [4.69, 9.17) is 31.0 Å². The number of fused-ring (bicyclic) bond motifs is 6. The van der Waals surface area contributed by atoms with Gasteiger partial charge >= 0.3 is 0 Å². The topological polar surface area (TPSA) is 51.8 Å². The van der Waals surface area contributed by atoms with E-state index in [1.54, 1.807) is 0 Å². The van der Waals surface area contributed by atoms with E-state index in [0.717, 1.165) is 65.7 Å². The molecule has 0 saturated heterocycles. The summed E-state index contributed by atoms with van der Waals surface area (Å²) in [7, 11) is 0. The fourth-order valence-corrected chi connectivity index (χ4v) is 6.51. The van der Waals surface area contributed by atoms with Gasteiger partial charge in [-0.05, 0) is 56.9 Å². The van der Waals surface area contributed by atoms with Gasteiger partial charge in [-0.1, -0.05) is 133 Å². The van der Waals surface area contributed by atoms with E-state index in [9.17, 15) is 0 Å². The summed E-state index contributed by atoms with van der Waals surface area (Å²) in [6.07, 6.45) is 0. The van der Waals surface area contributed by atoms with Crippen molar-refractivity contribution in [3.63, 3.8) is 0 Å². The molecule has 0 N–H and O–H groups in total. The minimum atomic E-state index is 0.484. The van der Waals surface area contributed by atoms with Gasteiger partial charge in [-0.15, -0.1) is 0 Å². The predicted molar refractivity (Wildman–Crippen MR) is 189 cm³/mol. The first-order valence-electron chi connectivity index (χ1n) is 15.1. The average Bonchev–Trinajstić information content (AvgIpc) is 3.49. The third kappa shape index (κ3) is 4.50. The SMILES string of the molecule is Clc1cc2c(cc1-c1nc(-c3ccc(-c4ccccc4)cc3)nc(-c3ccc4ccccc4c3)n1)oc1ccc3ccccc3c12. The molecular formula is C41H24ClN3O. The lowest BCUT2D eigenvalue weighted by Crippen LogP contribution is -2.00. The number of furan rings is 1. The van der Waals surface area contributed by atoms with Crippen molar-refractivity contribution in [3.8, 4) is 45.3 Å². The summed E-state index contributed by atoms with van der Waals surface area (Å²) in [6.45, 7) is 0. The first kappa shape index (κ1) is 26.6. The Bertz CT molecular complexity index is 2590. The highest BCUT2D eigenvalue weighted by atomic mass is 35.5. The Morgan fingerprint density at radius 1 is 0.413 bits per heavy atom. The van der Waals surface area contributed by atoms with Crippen molar-refractivity contribution < 1.29 is 4.42 Å². The van der Waals surface area contributed by atoms with Crippen LogP contribution in [0.4, 0.5) is 0 Å². The highest BCUT2D eigenvalue weighted by Gasteiger charge is 2.19. The quantitative estimate of drug-likeness (QED) is 0.199. The van der Waals surface area contributed by atoms with E-state index >= 15 is 0 Å². The fourth-order valence-electron chi connectivity index (χ4n) is 6.26. The monoisotopic (exact) mass is 609 g/mol. The summed E-state index contributed by atoms with van der Waals surface area (Å²) in [5.41, 5.74) is 6.29. The second kappa shape index (κ2) is 10.7. The van der Waals surface area contributed by atoms with Gasteiger partial charge in [0.1, 0.15) is 11.2 Å². The molecule has 0 atom stereocenters. The van der Waals surface area contributed by atoms with Crippen LogP contribution in [0.3, 0.4) is 0 Å². The van der Waals surface area contributed by atoms with Crippen LogP contribution < -0.4 is 0 Å². The largest absolute Gasteiger partial charge is 0.456 e. The maximum atomic E-state index is 7.07. The van der Waals surface area contributed by atoms with Crippen molar-refractivity contribution in [2.45, 2.75) is 0 Å². The van der Waals surface area contributed by atoms with Gasteiger partial charge in [-0.3, -0.25) is 0 Å². The second-order valence-electron chi connectivity index (χ2n) is 11.4. The molecule has 0 unspecified atom stereocenters. The zero-order valence-electron chi connectivity index (χ0n) is 24.5. The van der Waals surface area contributed by atoms with Crippen LogP contribution in [0.2, 0.25) is 5.02 Å². The Balaban J connectivity index is 1.23. The third-order valence-electron chi connectivity index (χ3n) is 8.58. The molecule has 0 spiro atoms. The molecule has 46 heavy (non-hydrogen) atoms. The standard InChI is InChI=1S/C41H24ClN3O/c42-35-23-34-37(46-36-21-20-28-11-6-7-13-32(28)38(34)36)24-33(35)41-44-39(29-17-14-27(15-18-29)25-8-2-1-3-9-25)43-40(45-41)31-19-16-26-10-4-5-12-30(26)22-31/h1-24H. The number of hydrogen-bond donors (Lipinski definition) is 0. The predicted octanol–water partition coefficient (Wildman–Crippen LogP) is 11.4. The van der Waals surface area contributed by atoms with Gasteiger partial charge in [0.05, 0.1) is 5.02 Å². The van der Waals surface area contributed by atoms with Crippen LogP contribution in [-0.4, -0.2) is 15.0 Å². The summed E-state index contributed by atoms with van der Waals surface area (Å²) in [6, 6.07) is 49.5. The molecule has 4 nitrogen and oxygen atoms in total. The molecule has 2 aromatic heterocycles. The smallest absolute Gasteiger partial charge is 0.165 e. The summed E-state index contributed by atoms with van der Waals surface area (Å²) >= 11 is 7.07. The van der Waals surface area contributed by atoms with Gasteiger partial charge in [0.25, 0.3) is 0 Å². The molecule has 5 heteroatoms. The van der Waals surface area contributed by atoms with E-state index in [0.29, 0.717) is 28.1 Å². The second-order valence-corrected chi connectivity index (χ2v) is 11.8. The van der Waals surface area contributed by atoms with Crippen LogP contribution in [0, 0.1) is 0 Å². The van der Waals surface area contributed by atoms with Crippen LogP contribution in [0.25, 0.3) is 88.8 Å². The molecule has 7 aromatic carbocycles. The zero-order chi connectivity index (χ0) is 30.6. The summed E-state index contributed by atoms with van der Waals surface area (Å²) in [5, 5.41) is 7.10. The number of nitrogens with zero attached hydrogens (tertiary/aromatic N) is 3. The van der Waals surface area contributed by atoms with Crippen molar-refractivity contribution in [2.75, 3.05) is 0 Å². The Morgan fingerprint density at radius 3 is 1.85 bits per heavy atom. The molecule has 0 bridgehead atoms. The molecule has 0 saturated carbocycles. The van der Waals surface area contributed by atoms with Gasteiger partial charge in [-0.25, -0.2) is 15.0 Å². The van der Waals surface area contributed by atoms with Gasteiger partial charge in [0.2, 0.25) is 0 Å². The van der Waals surface area contributed by atoms with Crippen LogP contribution in [0.1, 0.15) is 0 Å². The van der Waals surface area contributed by atoms with E-state index in [1.165, 1.54) is 0 Å². The normalized spacial score (nSPS) is 11.6. The van der Waals surface area contributed by atoms with Gasteiger partial charge in [-0.2, -0.15) is 0 Å². The average molecular weight is 610 g/mol. The minimum absolute atomic E-state index is 0.484. The number of aromatic nitrogens is 3. The Kier molecular flexibility index (Phi) is 6.15. The molecular weight excluding hydrogens is 586 g/mol. The maximum absolute atomic E-state index is 7.07. The first-order chi connectivity index (χ1) is 22.7. The maximum Gasteiger partial charge on any atom is 0.165 e. The lowest BCUT2D eigenvalue weighted by molar-refractivity contribution is 0.669. The van der Waals surface area contributed by atoms with Crippen LogP contribution >= 0.6 is 11.6 Å². The van der Waals surface area contributed by atoms with Crippen molar-refractivity contribution in [1.29, 1.82) is 0 Å². The molecule has 0 fully saturated rings. The zero-order valence-corrected chi connectivity index (χ0v) is 25.2. The summed E-state index contributed by atoms with van der Waals surface area (Å²) in [5.74, 6) is 1.63. The number of benzene rings is 7. The summed E-state index contributed by atoms with van der Waals surface area (Å²) in [4.78, 5) is 15.0. The van der Waals surface area contributed by atoms with E-state index in [2.05, 4.69) is 84.9 Å². The van der Waals surface area contributed by atoms with Crippen LogP contribution in [-0.2, 0) is 0 Å². The van der Waals surface area contributed by atoms with Gasteiger partial charge in [0.15, 0.2) is 17.5 Å². The number of halogens is 1. The van der Waals surface area contributed by atoms with Crippen LogP contribution in [0.15, 0.2) is 150 Å². The highest BCUT2D eigenvalue weighted by molar-refractivity contribution is 6.35. The lowest BCUT2D eigenvalue weighted by Gasteiger charge is -2.11. The minimum Gasteiger partial charge on any atom is -0.456 e. The molecule has 0 aliphatic carbocycles. The Labute approximate surface area is 269 Å². The van der Waals surface area contributed by atoms with E-state index < -0.39 is 0 Å². The van der Waals surface area contributed by atoms with Crippen molar-refractivity contribution in [1.82, 2.24) is 15.0 Å². The Hall–Kier alpha value is -5.84. The number of hydrogen-bond acceptors (Lipinski definition) is 4. The van der Waals surface area contributed by atoms with Crippen molar-refractivity contribution in [2.24, 2.45) is 0 Å². The van der Waals surface area contributed by atoms with Crippen molar-refractivity contribution in [3.05, 3.63) is 151 Å². The lowest BCUT2D eigenvalue weighted by atomic mass is 10.0. The molecule has 9 aromatic rings. The first-order valence-corrected chi connectivity index (χ1v) is 15.5. The molecule has 0 aliphatic heterocycles.